The minimum Gasteiger partial charge on any atom is -0.493 e. The van der Waals surface area contributed by atoms with Gasteiger partial charge in [0, 0.05) is 17.8 Å². The maximum Gasteiger partial charge on any atom is 0.261 e. The number of aromatic amines is 1. The van der Waals surface area contributed by atoms with Crippen molar-refractivity contribution in [3.05, 3.63) is 58.1 Å². The van der Waals surface area contributed by atoms with E-state index in [1.807, 2.05) is 0 Å². The van der Waals surface area contributed by atoms with Crippen molar-refractivity contribution in [3.63, 3.8) is 0 Å². The first-order chi connectivity index (χ1) is 13.0. The Morgan fingerprint density at radius 3 is 2.26 bits per heavy atom. The molecule has 3 aromatic rings. The molecule has 1 aromatic heterocycles. The Morgan fingerprint density at radius 2 is 1.67 bits per heavy atom. The number of rotatable bonds is 5. The van der Waals surface area contributed by atoms with Crippen molar-refractivity contribution < 1.29 is 23.4 Å². The van der Waals surface area contributed by atoms with E-state index in [2.05, 4.69) is 10.3 Å². The van der Waals surface area contributed by atoms with Gasteiger partial charge in [-0.1, -0.05) is 0 Å². The van der Waals surface area contributed by atoms with Crippen LogP contribution in [0.5, 0.6) is 17.2 Å². The number of nitrogens with one attached hydrogen (secondary N) is 2. The highest BCUT2D eigenvalue weighted by Crippen LogP contribution is 2.40. The van der Waals surface area contributed by atoms with E-state index >= 15 is 0 Å². The fourth-order valence-electron chi connectivity index (χ4n) is 2.69. The van der Waals surface area contributed by atoms with Gasteiger partial charge in [0.2, 0.25) is 5.75 Å². The quantitative estimate of drug-likeness (QED) is 0.719. The molecule has 0 saturated heterocycles. The molecule has 1 amide bonds. The number of amides is 1. The first-order valence-corrected chi connectivity index (χ1v) is 7.90. The van der Waals surface area contributed by atoms with Gasteiger partial charge in [0.25, 0.3) is 11.5 Å². The van der Waals surface area contributed by atoms with Crippen molar-refractivity contribution >= 4 is 22.5 Å². The summed E-state index contributed by atoms with van der Waals surface area (Å²) < 4.78 is 29.0. The number of anilines is 1. The molecule has 0 fully saturated rings. The smallest absolute Gasteiger partial charge is 0.261 e. The summed E-state index contributed by atoms with van der Waals surface area (Å²) in [5.41, 5.74) is -0.0710. The zero-order valence-corrected chi connectivity index (χ0v) is 14.9. The van der Waals surface area contributed by atoms with Gasteiger partial charge in [-0.2, -0.15) is 0 Å². The Morgan fingerprint density at radius 1 is 1.00 bits per heavy atom. The highest BCUT2D eigenvalue weighted by atomic mass is 19.1. The zero-order chi connectivity index (χ0) is 19.6. The van der Waals surface area contributed by atoms with Gasteiger partial charge in [-0.25, -0.2) is 4.39 Å². The van der Waals surface area contributed by atoms with Crippen molar-refractivity contribution in [1.29, 1.82) is 0 Å². The van der Waals surface area contributed by atoms with Crippen molar-refractivity contribution in [1.82, 2.24) is 4.98 Å². The largest absolute Gasteiger partial charge is 0.493 e. The molecule has 2 N–H and O–H groups in total. The molecule has 0 aliphatic carbocycles. The minimum absolute atomic E-state index is 0.108. The maximum absolute atomic E-state index is 13.3. The SMILES string of the molecule is COc1cc(NC(=O)c2cc3ccc(F)cc3[nH]c2=O)cc(OC)c1OC. The lowest BCUT2D eigenvalue weighted by molar-refractivity contribution is 0.102. The van der Waals surface area contributed by atoms with Gasteiger partial charge in [-0.05, 0) is 29.7 Å². The van der Waals surface area contributed by atoms with Crippen LogP contribution in [0.4, 0.5) is 10.1 Å². The molecular weight excluding hydrogens is 355 g/mol. The minimum atomic E-state index is -0.628. The third-order valence-corrected chi connectivity index (χ3v) is 3.98. The molecule has 0 aliphatic rings. The Balaban J connectivity index is 1.98. The number of hydrogen-bond acceptors (Lipinski definition) is 5. The molecule has 140 valence electrons. The third-order valence-electron chi connectivity index (χ3n) is 3.98. The first-order valence-electron chi connectivity index (χ1n) is 7.90. The van der Waals surface area contributed by atoms with Crippen LogP contribution in [0.3, 0.4) is 0 Å². The number of hydrogen-bond donors (Lipinski definition) is 2. The Kier molecular flexibility index (Phi) is 4.98. The summed E-state index contributed by atoms with van der Waals surface area (Å²) in [4.78, 5) is 27.3. The van der Waals surface area contributed by atoms with E-state index in [-0.39, 0.29) is 5.56 Å². The van der Waals surface area contributed by atoms with E-state index in [4.69, 9.17) is 14.2 Å². The summed E-state index contributed by atoms with van der Waals surface area (Å²) in [5, 5.41) is 3.16. The highest BCUT2D eigenvalue weighted by molar-refractivity contribution is 6.06. The van der Waals surface area contributed by atoms with E-state index in [9.17, 15) is 14.0 Å². The molecule has 0 saturated carbocycles. The van der Waals surface area contributed by atoms with Gasteiger partial charge in [-0.3, -0.25) is 9.59 Å². The molecule has 2 aromatic carbocycles. The van der Waals surface area contributed by atoms with Crippen LogP contribution in [0.15, 0.2) is 41.2 Å². The average Bonchev–Trinajstić information content (AvgIpc) is 2.66. The lowest BCUT2D eigenvalue weighted by atomic mass is 10.1. The van der Waals surface area contributed by atoms with Crippen molar-refractivity contribution in [2.24, 2.45) is 0 Å². The standard InChI is InChI=1S/C19H17FN2O5/c1-25-15-8-12(9-16(26-2)17(15)27-3)21-18(23)13-6-10-4-5-11(20)7-14(10)22-19(13)24/h4-9H,1-3H3,(H,21,23)(H,22,24). The van der Waals surface area contributed by atoms with E-state index in [1.54, 1.807) is 12.1 Å². The molecule has 0 atom stereocenters. The Bertz CT molecular complexity index is 1050. The van der Waals surface area contributed by atoms with Gasteiger partial charge in [0.15, 0.2) is 11.5 Å². The van der Waals surface area contributed by atoms with Gasteiger partial charge >= 0.3 is 0 Å². The average molecular weight is 372 g/mol. The number of ether oxygens (including phenoxy) is 3. The molecule has 1 heterocycles. The van der Waals surface area contributed by atoms with Crippen molar-refractivity contribution in [3.8, 4) is 17.2 Å². The van der Waals surface area contributed by atoms with Crippen LogP contribution >= 0.6 is 0 Å². The number of pyridine rings is 1. The number of methoxy groups -OCH3 is 3. The van der Waals surface area contributed by atoms with Crippen LogP contribution in [0.25, 0.3) is 10.9 Å². The van der Waals surface area contributed by atoms with Crippen LogP contribution in [0.1, 0.15) is 10.4 Å². The normalized spacial score (nSPS) is 10.5. The Hall–Kier alpha value is -3.55. The number of carbonyl (C=O) groups is 1. The zero-order valence-electron chi connectivity index (χ0n) is 14.9. The Labute approximate surface area is 153 Å². The second-order valence-corrected chi connectivity index (χ2v) is 5.61. The molecule has 3 rings (SSSR count). The van der Waals surface area contributed by atoms with E-state index < -0.39 is 17.3 Å². The molecule has 27 heavy (non-hydrogen) atoms. The summed E-state index contributed by atoms with van der Waals surface area (Å²) in [5.74, 6) is -0.0156. The molecule has 0 spiro atoms. The van der Waals surface area contributed by atoms with Crippen LogP contribution < -0.4 is 25.1 Å². The van der Waals surface area contributed by atoms with Gasteiger partial charge in [0.05, 0.1) is 26.8 Å². The topological polar surface area (TPSA) is 89.7 Å². The third kappa shape index (κ3) is 3.55. The van der Waals surface area contributed by atoms with Crippen molar-refractivity contribution in [2.75, 3.05) is 26.6 Å². The first kappa shape index (κ1) is 18.2. The fourth-order valence-corrected chi connectivity index (χ4v) is 2.69. The lowest BCUT2D eigenvalue weighted by Crippen LogP contribution is -2.23. The lowest BCUT2D eigenvalue weighted by Gasteiger charge is -2.14. The predicted molar refractivity (Wildman–Crippen MR) is 98.6 cm³/mol. The summed E-state index contributed by atoms with van der Waals surface area (Å²) >= 11 is 0. The van der Waals surface area contributed by atoms with E-state index in [0.29, 0.717) is 33.8 Å². The monoisotopic (exact) mass is 372 g/mol. The second-order valence-electron chi connectivity index (χ2n) is 5.61. The summed E-state index contributed by atoms with van der Waals surface area (Å²) in [6.45, 7) is 0. The molecule has 0 unspecified atom stereocenters. The molecule has 7 nitrogen and oxygen atoms in total. The summed E-state index contributed by atoms with van der Waals surface area (Å²) in [7, 11) is 4.38. The fraction of sp³-hybridized carbons (Fsp3) is 0.158. The maximum atomic E-state index is 13.3. The molecular formula is C19H17FN2O5. The number of benzene rings is 2. The summed E-state index contributed by atoms with van der Waals surface area (Å²) in [6, 6.07) is 8.42. The van der Waals surface area contributed by atoms with Crippen LogP contribution in [-0.4, -0.2) is 32.2 Å². The molecule has 0 radical (unpaired) electrons. The van der Waals surface area contributed by atoms with Crippen molar-refractivity contribution in [2.45, 2.75) is 0 Å². The molecule has 0 bridgehead atoms. The highest BCUT2D eigenvalue weighted by Gasteiger charge is 2.17. The van der Waals surface area contributed by atoms with Crippen LogP contribution in [0.2, 0.25) is 0 Å². The van der Waals surface area contributed by atoms with E-state index in [0.717, 1.165) is 0 Å². The number of carbonyl (C=O) groups excluding carboxylic acids is 1. The van der Waals surface area contributed by atoms with Gasteiger partial charge < -0.3 is 24.5 Å². The van der Waals surface area contributed by atoms with Gasteiger partial charge in [-0.15, -0.1) is 0 Å². The summed E-state index contributed by atoms with van der Waals surface area (Å²) in [6.07, 6.45) is 0. The number of fused-ring (bicyclic) bond motifs is 1. The number of aromatic nitrogens is 1. The molecule has 0 aliphatic heterocycles. The number of halogens is 1. The number of H-pyrrole nitrogens is 1. The second kappa shape index (κ2) is 7.36. The van der Waals surface area contributed by atoms with Crippen LogP contribution in [-0.2, 0) is 0 Å². The molecule has 8 heteroatoms. The van der Waals surface area contributed by atoms with Gasteiger partial charge in [0.1, 0.15) is 11.4 Å². The van der Waals surface area contributed by atoms with E-state index in [1.165, 1.54) is 45.6 Å². The van der Waals surface area contributed by atoms with Crippen LogP contribution in [0, 0.1) is 5.82 Å². The predicted octanol–water partition coefficient (Wildman–Crippen LogP) is 2.95.